The lowest BCUT2D eigenvalue weighted by Crippen LogP contribution is -2.53. The first kappa shape index (κ1) is 24.3. The molecule has 2 atom stereocenters. The summed E-state index contributed by atoms with van der Waals surface area (Å²) in [6, 6.07) is 13.8. The van der Waals surface area contributed by atoms with Gasteiger partial charge in [0, 0.05) is 13.0 Å². The number of carbonyl (C=O) groups is 3. The molecule has 0 heterocycles. The van der Waals surface area contributed by atoms with Gasteiger partial charge in [0.25, 0.3) is 0 Å². The van der Waals surface area contributed by atoms with Gasteiger partial charge in [-0.2, -0.15) is 0 Å². The summed E-state index contributed by atoms with van der Waals surface area (Å²) in [6.07, 6.45) is -0.504. The van der Waals surface area contributed by atoms with Crippen molar-refractivity contribution in [1.82, 2.24) is 10.6 Å². The summed E-state index contributed by atoms with van der Waals surface area (Å²) in [5.74, 6) is -1.81. The molecule has 2 amide bonds. The molecule has 0 bridgehead atoms. The number of rotatable bonds is 10. The highest BCUT2D eigenvalue weighted by Gasteiger charge is 2.31. The van der Waals surface area contributed by atoms with Crippen LogP contribution in [0.1, 0.15) is 37.3 Å². The Bertz CT molecular complexity index is 960. The molecule has 0 aromatic heterocycles. The number of nitrogens with one attached hydrogen (secondary N) is 2. The van der Waals surface area contributed by atoms with Crippen LogP contribution in [0.3, 0.4) is 0 Å². The van der Waals surface area contributed by atoms with Gasteiger partial charge >= 0.3 is 12.1 Å². The van der Waals surface area contributed by atoms with E-state index in [1.807, 2.05) is 62.4 Å². The number of ether oxygens (including phenoxy) is 2. The summed E-state index contributed by atoms with van der Waals surface area (Å²) in [6.45, 7) is 3.71. The molecule has 2 aromatic rings. The number of carboxylic acids is 1. The summed E-state index contributed by atoms with van der Waals surface area (Å²) >= 11 is 0. The van der Waals surface area contributed by atoms with Crippen LogP contribution in [0.2, 0.25) is 0 Å². The Morgan fingerprint density at radius 3 is 2.03 bits per heavy atom. The zero-order valence-corrected chi connectivity index (χ0v) is 19.0. The average Bonchev–Trinajstić information content (AvgIpc) is 3.10. The number of carboxylic acid groups (broad SMARTS) is 1. The number of carbonyl (C=O) groups excluding carboxylic acids is 2. The standard InChI is InChI=1S/C25H30N2O6/c1-15(2)12-21(24(29)30)26-23(28)22(14-32-3)27-25(31)33-13-20-18-10-6-4-8-16(18)17-9-5-7-11-19(17)20/h4-11,15,20-22H,12-14H2,1-3H3,(H,26,28)(H,27,31)(H,29,30)/t21-,22+/m1/s1. The maximum atomic E-state index is 12.6. The molecule has 8 heteroatoms. The zero-order valence-electron chi connectivity index (χ0n) is 19.0. The molecule has 33 heavy (non-hydrogen) atoms. The van der Waals surface area contributed by atoms with Gasteiger partial charge in [-0.1, -0.05) is 62.4 Å². The quantitative estimate of drug-likeness (QED) is 0.508. The van der Waals surface area contributed by atoms with Crippen molar-refractivity contribution in [2.24, 2.45) is 5.92 Å². The molecular formula is C25H30N2O6. The number of aliphatic carboxylic acids is 1. The third-order valence-corrected chi connectivity index (χ3v) is 5.61. The van der Waals surface area contributed by atoms with Gasteiger partial charge in [-0.05, 0) is 34.6 Å². The molecule has 0 saturated heterocycles. The SMILES string of the molecule is COC[C@H](NC(=O)OCC1c2ccccc2-c2ccccc21)C(=O)N[C@H](CC(C)C)C(=O)O. The van der Waals surface area contributed by atoms with Gasteiger partial charge in [-0.25, -0.2) is 9.59 Å². The van der Waals surface area contributed by atoms with E-state index in [-0.39, 0.29) is 31.5 Å². The highest BCUT2D eigenvalue weighted by molar-refractivity contribution is 5.89. The number of benzene rings is 2. The fraction of sp³-hybridized carbons (Fsp3) is 0.400. The van der Waals surface area contributed by atoms with E-state index < -0.39 is 30.1 Å². The third kappa shape index (κ3) is 5.90. The van der Waals surface area contributed by atoms with Crippen LogP contribution in [0.5, 0.6) is 0 Å². The second kappa shape index (κ2) is 11.0. The number of hydrogen-bond donors (Lipinski definition) is 3. The van der Waals surface area contributed by atoms with E-state index in [0.717, 1.165) is 22.3 Å². The highest BCUT2D eigenvalue weighted by Crippen LogP contribution is 2.44. The second-order valence-corrected chi connectivity index (χ2v) is 8.51. The predicted octanol–water partition coefficient (Wildman–Crippen LogP) is 3.16. The molecular weight excluding hydrogens is 424 g/mol. The topological polar surface area (TPSA) is 114 Å². The first-order valence-corrected chi connectivity index (χ1v) is 11.0. The maximum absolute atomic E-state index is 12.6. The first-order valence-electron chi connectivity index (χ1n) is 11.0. The summed E-state index contributed by atoms with van der Waals surface area (Å²) in [4.78, 5) is 36.6. The lowest BCUT2D eigenvalue weighted by molar-refractivity contribution is -0.142. The Hall–Kier alpha value is -3.39. The Balaban J connectivity index is 1.64. The van der Waals surface area contributed by atoms with Crippen molar-refractivity contribution in [3.8, 4) is 11.1 Å². The van der Waals surface area contributed by atoms with Crippen LogP contribution >= 0.6 is 0 Å². The Kier molecular flexibility index (Phi) is 8.06. The van der Waals surface area contributed by atoms with Gasteiger partial charge in [-0.3, -0.25) is 4.79 Å². The van der Waals surface area contributed by atoms with Gasteiger partial charge in [0.05, 0.1) is 6.61 Å². The predicted molar refractivity (Wildman–Crippen MR) is 123 cm³/mol. The van der Waals surface area contributed by atoms with Crippen LogP contribution < -0.4 is 10.6 Å². The van der Waals surface area contributed by atoms with Crippen molar-refractivity contribution in [2.75, 3.05) is 20.3 Å². The van der Waals surface area contributed by atoms with E-state index in [1.165, 1.54) is 7.11 Å². The lowest BCUT2D eigenvalue weighted by atomic mass is 9.98. The number of fused-ring (bicyclic) bond motifs is 3. The normalized spacial score (nSPS) is 14.2. The van der Waals surface area contributed by atoms with Crippen molar-refractivity contribution in [2.45, 2.75) is 38.3 Å². The van der Waals surface area contributed by atoms with E-state index in [4.69, 9.17) is 9.47 Å². The molecule has 2 aromatic carbocycles. The van der Waals surface area contributed by atoms with Gasteiger partial charge in [-0.15, -0.1) is 0 Å². The monoisotopic (exact) mass is 454 g/mol. The number of amides is 2. The molecule has 0 aliphatic heterocycles. The number of hydrogen-bond acceptors (Lipinski definition) is 5. The summed E-state index contributed by atoms with van der Waals surface area (Å²) in [5.41, 5.74) is 4.39. The fourth-order valence-electron chi connectivity index (χ4n) is 4.10. The molecule has 0 fully saturated rings. The largest absolute Gasteiger partial charge is 0.480 e. The summed E-state index contributed by atoms with van der Waals surface area (Å²) in [7, 11) is 1.39. The Morgan fingerprint density at radius 2 is 1.52 bits per heavy atom. The van der Waals surface area contributed by atoms with Crippen LogP contribution in [0.4, 0.5) is 4.79 Å². The summed E-state index contributed by atoms with van der Waals surface area (Å²) in [5, 5.41) is 14.3. The van der Waals surface area contributed by atoms with E-state index in [9.17, 15) is 19.5 Å². The molecule has 1 aliphatic rings. The fourth-order valence-corrected chi connectivity index (χ4v) is 4.10. The smallest absolute Gasteiger partial charge is 0.407 e. The van der Waals surface area contributed by atoms with Crippen molar-refractivity contribution in [3.05, 3.63) is 59.7 Å². The summed E-state index contributed by atoms with van der Waals surface area (Å²) < 4.78 is 10.5. The van der Waals surface area contributed by atoms with E-state index in [2.05, 4.69) is 10.6 Å². The van der Waals surface area contributed by atoms with Crippen LogP contribution in [0.25, 0.3) is 11.1 Å². The molecule has 0 unspecified atom stereocenters. The van der Waals surface area contributed by atoms with Crippen molar-refractivity contribution in [3.63, 3.8) is 0 Å². The highest BCUT2D eigenvalue weighted by atomic mass is 16.5. The van der Waals surface area contributed by atoms with E-state index >= 15 is 0 Å². The van der Waals surface area contributed by atoms with Crippen LogP contribution in [0, 0.1) is 5.92 Å². The molecule has 8 nitrogen and oxygen atoms in total. The van der Waals surface area contributed by atoms with Crippen molar-refractivity contribution >= 4 is 18.0 Å². The zero-order chi connectivity index (χ0) is 24.0. The first-order chi connectivity index (χ1) is 15.8. The number of methoxy groups -OCH3 is 1. The van der Waals surface area contributed by atoms with Crippen LogP contribution in [-0.4, -0.2) is 55.5 Å². The maximum Gasteiger partial charge on any atom is 0.407 e. The molecule has 1 aliphatic carbocycles. The van der Waals surface area contributed by atoms with E-state index in [1.54, 1.807) is 0 Å². The average molecular weight is 455 g/mol. The minimum atomic E-state index is -1.13. The second-order valence-electron chi connectivity index (χ2n) is 8.51. The van der Waals surface area contributed by atoms with Gasteiger partial charge in [0.2, 0.25) is 5.91 Å². The van der Waals surface area contributed by atoms with Crippen LogP contribution in [0.15, 0.2) is 48.5 Å². The minimum absolute atomic E-state index is 0.0716. The van der Waals surface area contributed by atoms with Crippen LogP contribution in [-0.2, 0) is 19.1 Å². The Morgan fingerprint density at radius 1 is 0.939 bits per heavy atom. The van der Waals surface area contributed by atoms with Gasteiger partial charge < -0.3 is 25.2 Å². The molecule has 0 radical (unpaired) electrons. The Labute approximate surface area is 193 Å². The third-order valence-electron chi connectivity index (χ3n) is 5.61. The van der Waals surface area contributed by atoms with Crippen molar-refractivity contribution < 1.29 is 29.0 Å². The van der Waals surface area contributed by atoms with E-state index in [0.29, 0.717) is 0 Å². The molecule has 3 N–H and O–H groups in total. The van der Waals surface area contributed by atoms with Crippen molar-refractivity contribution in [1.29, 1.82) is 0 Å². The van der Waals surface area contributed by atoms with Gasteiger partial charge in [0.1, 0.15) is 18.7 Å². The molecule has 0 saturated carbocycles. The number of alkyl carbamates (subject to hydrolysis) is 1. The van der Waals surface area contributed by atoms with Gasteiger partial charge in [0.15, 0.2) is 0 Å². The minimum Gasteiger partial charge on any atom is -0.480 e. The molecule has 3 rings (SSSR count). The lowest BCUT2D eigenvalue weighted by Gasteiger charge is -2.22. The molecule has 0 spiro atoms. The molecule has 176 valence electrons.